The van der Waals surface area contributed by atoms with Crippen LogP contribution in [-0.2, 0) is 23.8 Å². The molecule has 1 N–H and O–H groups in total. The maximum absolute atomic E-state index is 11.2. The van der Waals surface area contributed by atoms with Crippen LogP contribution in [0.4, 0.5) is 10.5 Å². The molecular formula is C83H71NO8. The highest BCUT2D eigenvalue weighted by Gasteiger charge is 2.21. The Labute approximate surface area is 542 Å². The van der Waals surface area contributed by atoms with Crippen LogP contribution in [0.15, 0.2) is 194 Å². The van der Waals surface area contributed by atoms with E-state index in [9.17, 15) is 19.2 Å². The second-order valence-electron chi connectivity index (χ2n) is 21.1. The van der Waals surface area contributed by atoms with Crippen molar-refractivity contribution in [3.8, 4) is 76.8 Å². The second kappa shape index (κ2) is 35.7. The highest BCUT2D eigenvalue weighted by Crippen LogP contribution is 2.28. The summed E-state index contributed by atoms with van der Waals surface area (Å²) in [6, 6.07) is 63.3. The summed E-state index contributed by atoms with van der Waals surface area (Å²) in [5, 5.41) is 2.48. The van der Waals surface area contributed by atoms with Gasteiger partial charge in [-0.3, -0.25) is 14.9 Å². The van der Waals surface area contributed by atoms with E-state index in [0.717, 1.165) is 72.3 Å². The number of hydrogen-bond acceptors (Lipinski definition) is 8. The Morgan fingerprint density at radius 2 is 0.565 bits per heavy atom. The summed E-state index contributed by atoms with van der Waals surface area (Å²) < 4.78 is 18.2. The number of nitrogens with one attached hydrogen (secondary N) is 1. The van der Waals surface area contributed by atoms with E-state index in [4.69, 9.17) is 4.74 Å². The Bertz CT molecular complexity index is 3850. The first-order valence-electron chi connectivity index (χ1n) is 29.3. The maximum atomic E-state index is 11.2. The molecule has 0 aliphatic carbocycles. The molecule has 0 spiro atoms. The van der Waals surface area contributed by atoms with E-state index in [1.54, 1.807) is 43.5 Å². The molecule has 0 atom stereocenters. The number of methoxy groups -OCH3 is 3. The molecule has 1 amide bonds. The minimum atomic E-state index is -0.652. The molecule has 0 fully saturated rings. The number of hydrogen-bond donors (Lipinski definition) is 1. The molecule has 0 radical (unpaired) electrons. The quantitative estimate of drug-likeness (QED) is 0.103. The molecule has 9 rings (SSSR count). The van der Waals surface area contributed by atoms with Crippen molar-refractivity contribution in [1.82, 2.24) is 0 Å². The van der Waals surface area contributed by atoms with Crippen LogP contribution in [0, 0.1) is 120 Å². The zero-order valence-corrected chi connectivity index (χ0v) is 53.9. The number of Topliss-reactive ketones (excluding diaryl/α,β-unsaturated/α-hetero) is 1. The van der Waals surface area contributed by atoms with Gasteiger partial charge >= 0.3 is 18.0 Å². The second-order valence-corrected chi connectivity index (χ2v) is 21.1. The van der Waals surface area contributed by atoms with E-state index >= 15 is 0 Å². The number of ether oxygens (including phenoxy) is 4. The van der Waals surface area contributed by atoms with Crippen LogP contribution in [0.25, 0.3) is 0 Å². The number of carbonyl (C=O) groups is 4. The van der Waals surface area contributed by atoms with Gasteiger partial charge in [-0.25, -0.2) is 9.59 Å². The molecule has 92 heavy (non-hydrogen) atoms. The van der Waals surface area contributed by atoms with Gasteiger partial charge in [-0.1, -0.05) is 195 Å². The van der Waals surface area contributed by atoms with E-state index in [1.807, 2.05) is 91.9 Å². The summed E-state index contributed by atoms with van der Waals surface area (Å²) in [6.07, 6.45) is -0.652. The first-order valence-corrected chi connectivity index (χ1v) is 29.3. The van der Waals surface area contributed by atoms with Crippen molar-refractivity contribution in [1.29, 1.82) is 0 Å². The van der Waals surface area contributed by atoms with Gasteiger partial charge < -0.3 is 18.9 Å². The van der Waals surface area contributed by atoms with Crippen molar-refractivity contribution in [2.75, 3.05) is 33.3 Å². The third kappa shape index (κ3) is 23.3. The Morgan fingerprint density at radius 3 is 0.772 bits per heavy atom. The molecule has 9 heteroatoms. The fourth-order valence-corrected chi connectivity index (χ4v) is 7.93. The van der Waals surface area contributed by atoms with Crippen LogP contribution >= 0.6 is 0 Å². The van der Waals surface area contributed by atoms with Gasteiger partial charge in [0.1, 0.15) is 5.75 Å². The third-order valence-electron chi connectivity index (χ3n) is 13.3. The Kier molecular flexibility index (Phi) is 26.8. The molecule has 0 aliphatic heterocycles. The molecule has 0 saturated carbocycles. The molecule has 9 aromatic rings. The highest BCUT2D eigenvalue weighted by molar-refractivity contribution is 5.89. The fraction of sp³-hybridized carbons (Fsp3) is 0.157. The zero-order chi connectivity index (χ0) is 66.4. The van der Waals surface area contributed by atoms with Crippen LogP contribution in [0.1, 0.15) is 130 Å². The average molecular weight is 1210 g/mol. The Hall–Kier alpha value is -12.0. The van der Waals surface area contributed by atoms with Gasteiger partial charge in [-0.05, 0) is 165 Å². The molecule has 0 unspecified atom stereocenters. The SMILES string of the molecule is COC(=O)c1ccc(C)cc1.COC(C)=O.COc1ccc(NC(=O)OCC(C)=O)cc1.Cc1ccc(C#Cc2c(C#Cc3ccc(C)cc3)c(C#Cc3ccc(C)cc3)c(C#Cc3ccc(C)cc3)c(C#Cc3ccc(C)cc3)c2C#Cc2ccc(C)cc2)cc1. The first kappa shape index (κ1) is 69.1. The van der Waals surface area contributed by atoms with Gasteiger partial charge in [0.2, 0.25) is 0 Å². The molecule has 0 heterocycles. The minimum absolute atomic E-state index is 0.204. The van der Waals surface area contributed by atoms with Crippen LogP contribution < -0.4 is 10.1 Å². The largest absolute Gasteiger partial charge is 0.497 e. The lowest BCUT2D eigenvalue weighted by Gasteiger charge is -2.13. The predicted molar refractivity (Wildman–Crippen MR) is 368 cm³/mol. The zero-order valence-electron chi connectivity index (χ0n) is 53.9. The Balaban J connectivity index is 0.000000340. The van der Waals surface area contributed by atoms with Crippen LogP contribution in [-0.4, -0.2) is 51.8 Å². The summed E-state index contributed by atoms with van der Waals surface area (Å²) in [6.45, 7) is 16.9. The Morgan fingerprint density at radius 1 is 0.326 bits per heavy atom. The monoisotopic (exact) mass is 1210 g/mol. The molecule has 0 aromatic heterocycles. The van der Waals surface area contributed by atoms with E-state index < -0.39 is 6.09 Å². The van der Waals surface area contributed by atoms with Crippen LogP contribution in [0.2, 0.25) is 0 Å². The lowest BCUT2D eigenvalue weighted by atomic mass is 9.86. The number of esters is 2. The number of amides is 1. The molecular weight excluding hydrogens is 1140 g/mol. The van der Waals surface area contributed by atoms with Crippen molar-refractivity contribution < 1.29 is 38.1 Å². The van der Waals surface area contributed by atoms with Crippen LogP contribution in [0.3, 0.4) is 0 Å². The van der Waals surface area contributed by atoms with Gasteiger partial charge in [-0.15, -0.1) is 0 Å². The number of carbonyl (C=O) groups excluding carboxylic acids is 4. The summed E-state index contributed by atoms with van der Waals surface area (Å²) in [4.78, 5) is 42.2. The summed E-state index contributed by atoms with van der Waals surface area (Å²) in [5.74, 6) is 42.1. The van der Waals surface area contributed by atoms with Gasteiger partial charge in [0, 0.05) is 46.0 Å². The van der Waals surface area contributed by atoms with E-state index in [1.165, 1.54) is 28.1 Å². The third-order valence-corrected chi connectivity index (χ3v) is 13.3. The highest BCUT2D eigenvalue weighted by atomic mass is 16.6. The lowest BCUT2D eigenvalue weighted by molar-refractivity contribution is -0.138. The molecule has 456 valence electrons. The normalized spacial score (nSPS) is 9.43. The number of benzene rings is 9. The van der Waals surface area contributed by atoms with Crippen molar-refractivity contribution in [2.45, 2.75) is 62.3 Å². The van der Waals surface area contributed by atoms with Crippen molar-refractivity contribution in [3.05, 3.63) is 305 Å². The lowest BCUT2D eigenvalue weighted by Crippen LogP contribution is -2.17. The molecule has 9 nitrogen and oxygen atoms in total. The molecule has 0 saturated heterocycles. The van der Waals surface area contributed by atoms with Gasteiger partial charge in [0.05, 0.1) is 60.3 Å². The van der Waals surface area contributed by atoms with Crippen molar-refractivity contribution in [2.24, 2.45) is 0 Å². The summed E-state index contributed by atoms with van der Waals surface area (Å²) >= 11 is 0. The topological polar surface area (TPSA) is 117 Å². The summed E-state index contributed by atoms with van der Waals surface area (Å²) in [5.41, 5.74) is 18.4. The van der Waals surface area contributed by atoms with E-state index in [0.29, 0.717) is 50.4 Å². The number of rotatable bonds is 5. The van der Waals surface area contributed by atoms with Gasteiger partial charge in [0.25, 0.3) is 0 Å². The predicted octanol–water partition coefficient (Wildman–Crippen LogP) is 15.7. The molecule has 0 aliphatic rings. The maximum Gasteiger partial charge on any atom is 0.412 e. The molecule has 0 bridgehead atoms. The smallest absolute Gasteiger partial charge is 0.412 e. The number of aryl methyl sites for hydroxylation is 7. The van der Waals surface area contributed by atoms with Crippen molar-refractivity contribution >= 4 is 29.5 Å². The van der Waals surface area contributed by atoms with Crippen LogP contribution in [0.5, 0.6) is 5.75 Å². The summed E-state index contributed by atoms with van der Waals surface area (Å²) in [7, 11) is 4.29. The first-order chi connectivity index (χ1) is 44.3. The fourth-order valence-electron chi connectivity index (χ4n) is 7.93. The van der Waals surface area contributed by atoms with E-state index in [-0.39, 0.29) is 24.3 Å². The number of ketones is 1. The number of anilines is 1. The van der Waals surface area contributed by atoms with Gasteiger partial charge in [-0.2, -0.15) is 0 Å². The standard InChI is InChI=1S/C60H42.C11H13NO4.C9H10O2.C3H6O2/c1-43-7-19-49(20-8-43)31-37-55-56(38-32-50-21-9-44(2)10-22-50)58(40-34-52-25-13-46(4)14-26-52)60(42-36-54-29-17-48(6)18-30-54)59(41-35-53-27-15-47(5)16-28-53)57(55)39-33-51-23-11-45(3)12-24-51;1-8(13)7-16-11(14)12-9-3-5-10(15-2)6-4-9;1-7-3-5-8(6-4-7)9(10)11-2;1-3(4)5-2/h7-30H,1-6H3;3-6H,7H2,1-2H3,(H,12,14);3-6H,1-2H3;1-2H3. The molecule has 9 aromatic carbocycles. The van der Waals surface area contributed by atoms with Gasteiger partial charge in [0.15, 0.2) is 12.4 Å². The van der Waals surface area contributed by atoms with E-state index in [2.05, 4.69) is 205 Å². The van der Waals surface area contributed by atoms with Crippen molar-refractivity contribution in [3.63, 3.8) is 0 Å². The minimum Gasteiger partial charge on any atom is -0.497 e. The average Bonchev–Trinajstić information content (AvgIpc) is 0.772.